The molecule has 1 aromatic carbocycles. The van der Waals surface area contributed by atoms with Crippen LogP contribution < -0.4 is 5.73 Å². The molecular formula is C15H24N2O2. The maximum Gasteiger partial charge on any atom is 0.231 e. The molecule has 1 amide bonds. The molecule has 1 atom stereocenters. The zero-order valence-electron chi connectivity index (χ0n) is 11.7. The summed E-state index contributed by atoms with van der Waals surface area (Å²) < 4.78 is 0. The molecule has 1 aromatic rings. The van der Waals surface area contributed by atoms with Gasteiger partial charge in [-0.15, -0.1) is 0 Å². The van der Waals surface area contributed by atoms with Gasteiger partial charge in [0.1, 0.15) is 0 Å². The van der Waals surface area contributed by atoms with E-state index in [4.69, 9.17) is 10.8 Å². The Morgan fingerprint density at radius 2 is 1.95 bits per heavy atom. The van der Waals surface area contributed by atoms with Crippen LogP contribution in [0.2, 0.25) is 0 Å². The Morgan fingerprint density at radius 3 is 2.42 bits per heavy atom. The highest BCUT2D eigenvalue weighted by Gasteiger charge is 2.25. The van der Waals surface area contributed by atoms with Crippen molar-refractivity contribution in [2.45, 2.75) is 32.2 Å². The quantitative estimate of drug-likeness (QED) is 0.781. The highest BCUT2D eigenvalue weighted by Crippen LogP contribution is 2.19. The molecule has 0 fully saturated rings. The molecule has 3 N–H and O–H groups in total. The van der Waals surface area contributed by atoms with E-state index in [2.05, 4.69) is 0 Å². The second-order valence-corrected chi connectivity index (χ2v) is 4.90. The number of amides is 1. The number of carbonyl (C=O) groups excluding carboxylic acids is 1. The van der Waals surface area contributed by atoms with Crippen molar-refractivity contribution in [1.29, 1.82) is 0 Å². The van der Waals surface area contributed by atoms with Crippen molar-refractivity contribution in [3.8, 4) is 0 Å². The van der Waals surface area contributed by atoms with E-state index in [1.807, 2.05) is 44.2 Å². The van der Waals surface area contributed by atoms with Gasteiger partial charge >= 0.3 is 0 Å². The van der Waals surface area contributed by atoms with Gasteiger partial charge in [-0.25, -0.2) is 0 Å². The van der Waals surface area contributed by atoms with Crippen molar-refractivity contribution >= 4 is 5.91 Å². The zero-order valence-corrected chi connectivity index (χ0v) is 11.7. The van der Waals surface area contributed by atoms with E-state index >= 15 is 0 Å². The fourth-order valence-corrected chi connectivity index (χ4v) is 2.13. The lowest BCUT2D eigenvalue weighted by Gasteiger charge is -2.30. The van der Waals surface area contributed by atoms with Gasteiger partial charge in [0.25, 0.3) is 0 Å². The van der Waals surface area contributed by atoms with Gasteiger partial charge in [-0.2, -0.15) is 0 Å². The second kappa shape index (κ2) is 7.92. The summed E-state index contributed by atoms with van der Waals surface area (Å²) in [6.07, 6.45) is 0.593. The van der Waals surface area contributed by atoms with Crippen molar-refractivity contribution in [3.63, 3.8) is 0 Å². The van der Waals surface area contributed by atoms with Gasteiger partial charge in [0.15, 0.2) is 0 Å². The van der Waals surface area contributed by atoms with Crippen LogP contribution in [0, 0.1) is 0 Å². The van der Waals surface area contributed by atoms with Crippen molar-refractivity contribution in [3.05, 3.63) is 35.9 Å². The lowest BCUT2D eigenvalue weighted by molar-refractivity contribution is -0.134. The van der Waals surface area contributed by atoms with Gasteiger partial charge in [-0.1, -0.05) is 30.3 Å². The topological polar surface area (TPSA) is 66.6 Å². The summed E-state index contributed by atoms with van der Waals surface area (Å²) in [5.74, 6) is -0.264. The maximum absolute atomic E-state index is 12.6. The fraction of sp³-hybridized carbons (Fsp3) is 0.533. The molecule has 4 nitrogen and oxygen atoms in total. The number of benzene rings is 1. The van der Waals surface area contributed by atoms with Crippen LogP contribution in [0.15, 0.2) is 30.3 Å². The first-order valence-corrected chi connectivity index (χ1v) is 6.78. The van der Waals surface area contributed by atoms with Crippen LogP contribution >= 0.6 is 0 Å². The minimum Gasteiger partial charge on any atom is -0.396 e. The van der Waals surface area contributed by atoms with E-state index in [-0.39, 0.29) is 24.5 Å². The summed E-state index contributed by atoms with van der Waals surface area (Å²) in [4.78, 5) is 14.4. The molecule has 0 aromatic heterocycles. The predicted molar refractivity (Wildman–Crippen MR) is 76.8 cm³/mol. The molecule has 0 heterocycles. The largest absolute Gasteiger partial charge is 0.396 e. The van der Waals surface area contributed by atoms with Crippen LogP contribution in [0.25, 0.3) is 0 Å². The van der Waals surface area contributed by atoms with Crippen molar-refractivity contribution in [2.24, 2.45) is 5.73 Å². The third-order valence-electron chi connectivity index (χ3n) is 3.20. The first kappa shape index (κ1) is 15.7. The van der Waals surface area contributed by atoms with Crippen LogP contribution in [0.5, 0.6) is 0 Å². The summed E-state index contributed by atoms with van der Waals surface area (Å²) in [5, 5.41) is 8.93. The van der Waals surface area contributed by atoms with E-state index < -0.39 is 0 Å². The Hall–Kier alpha value is -1.39. The lowest BCUT2D eigenvalue weighted by Crippen LogP contribution is -2.42. The average molecular weight is 264 g/mol. The molecule has 4 heteroatoms. The van der Waals surface area contributed by atoms with Gasteiger partial charge in [0.2, 0.25) is 5.91 Å². The van der Waals surface area contributed by atoms with E-state index in [0.717, 1.165) is 5.56 Å². The van der Waals surface area contributed by atoms with Gasteiger partial charge in [-0.05, 0) is 25.8 Å². The first-order valence-electron chi connectivity index (χ1n) is 6.78. The summed E-state index contributed by atoms with van der Waals surface area (Å²) >= 11 is 0. The Kier molecular flexibility index (Phi) is 6.53. The van der Waals surface area contributed by atoms with E-state index in [1.165, 1.54) is 0 Å². The molecule has 0 spiro atoms. The van der Waals surface area contributed by atoms with Crippen LogP contribution in [0.1, 0.15) is 31.7 Å². The summed E-state index contributed by atoms with van der Waals surface area (Å²) in [7, 11) is 0. The number of aliphatic hydroxyl groups excluding tert-OH is 1. The highest BCUT2D eigenvalue weighted by molar-refractivity contribution is 5.84. The van der Waals surface area contributed by atoms with E-state index in [9.17, 15) is 4.79 Å². The summed E-state index contributed by atoms with van der Waals surface area (Å²) in [6.45, 7) is 4.92. The SMILES string of the molecule is CC(C)N(CCCO)C(=O)C(CN)c1ccccc1. The maximum atomic E-state index is 12.6. The van der Waals surface area contributed by atoms with Crippen molar-refractivity contribution in [2.75, 3.05) is 19.7 Å². The van der Waals surface area contributed by atoms with Crippen molar-refractivity contribution < 1.29 is 9.90 Å². The lowest BCUT2D eigenvalue weighted by atomic mass is 9.97. The summed E-state index contributed by atoms with van der Waals surface area (Å²) in [6, 6.07) is 9.72. The van der Waals surface area contributed by atoms with Gasteiger partial charge in [-0.3, -0.25) is 4.79 Å². The number of carbonyl (C=O) groups is 1. The Labute approximate surface area is 115 Å². The molecular weight excluding hydrogens is 240 g/mol. The van der Waals surface area contributed by atoms with Gasteiger partial charge < -0.3 is 15.7 Å². The molecule has 0 saturated carbocycles. The third-order valence-corrected chi connectivity index (χ3v) is 3.20. The van der Waals surface area contributed by atoms with Crippen LogP contribution in [-0.4, -0.2) is 41.7 Å². The van der Waals surface area contributed by atoms with Gasteiger partial charge in [0, 0.05) is 25.7 Å². The Morgan fingerprint density at radius 1 is 1.32 bits per heavy atom. The summed E-state index contributed by atoms with van der Waals surface area (Å²) in [5.41, 5.74) is 6.72. The molecule has 1 rings (SSSR count). The molecule has 0 bridgehead atoms. The number of aliphatic hydroxyl groups is 1. The van der Waals surface area contributed by atoms with Crippen LogP contribution in [0.3, 0.4) is 0 Å². The van der Waals surface area contributed by atoms with Gasteiger partial charge in [0.05, 0.1) is 5.92 Å². The predicted octanol–water partition coefficient (Wildman–Crippen LogP) is 1.35. The smallest absolute Gasteiger partial charge is 0.231 e. The number of nitrogens with two attached hydrogens (primary N) is 1. The number of rotatable bonds is 7. The normalized spacial score (nSPS) is 12.5. The molecule has 1 unspecified atom stereocenters. The Bertz CT molecular complexity index is 379. The van der Waals surface area contributed by atoms with E-state index in [1.54, 1.807) is 4.90 Å². The minimum absolute atomic E-state index is 0.0390. The number of nitrogens with zero attached hydrogens (tertiary/aromatic N) is 1. The monoisotopic (exact) mass is 264 g/mol. The zero-order chi connectivity index (χ0) is 14.3. The third kappa shape index (κ3) is 4.33. The standard InChI is InChI=1S/C15H24N2O2/c1-12(2)17(9-6-10-18)15(19)14(11-16)13-7-4-3-5-8-13/h3-5,7-8,12,14,18H,6,9-11,16H2,1-2H3. The Balaban J connectivity index is 2.86. The molecule has 106 valence electrons. The van der Waals surface area contributed by atoms with Crippen LogP contribution in [0.4, 0.5) is 0 Å². The number of hydrogen-bond acceptors (Lipinski definition) is 3. The van der Waals surface area contributed by atoms with E-state index in [0.29, 0.717) is 19.5 Å². The molecule has 0 aliphatic rings. The highest BCUT2D eigenvalue weighted by atomic mass is 16.3. The molecule has 0 aliphatic carbocycles. The van der Waals surface area contributed by atoms with Crippen LogP contribution in [-0.2, 0) is 4.79 Å². The molecule has 0 aliphatic heterocycles. The molecule has 0 radical (unpaired) electrons. The molecule has 0 saturated heterocycles. The van der Waals surface area contributed by atoms with Crippen molar-refractivity contribution in [1.82, 2.24) is 4.90 Å². The molecule has 19 heavy (non-hydrogen) atoms. The number of hydrogen-bond donors (Lipinski definition) is 2. The minimum atomic E-state index is -0.303. The average Bonchev–Trinajstić information content (AvgIpc) is 2.41. The second-order valence-electron chi connectivity index (χ2n) is 4.90. The first-order chi connectivity index (χ1) is 9.11. The fourth-order valence-electron chi connectivity index (χ4n) is 2.13.